The Labute approximate surface area is 119 Å². The van der Waals surface area contributed by atoms with Crippen LogP contribution in [0.2, 0.25) is 0 Å². The number of methoxy groups -OCH3 is 1. The molecule has 114 valence electrons. The summed E-state index contributed by atoms with van der Waals surface area (Å²) < 4.78 is 10.8. The second-order valence-corrected chi connectivity index (χ2v) is 5.66. The van der Waals surface area contributed by atoms with Crippen molar-refractivity contribution in [2.75, 3.05) is 59.6 Å². The maximum atomic E-state index is 5.65. The first-order valence-electron chi connectivity index (χ1n) is 7.77. The van der Waals surface area contributed by atoms with E-state index in [9.17, 15) is 0 Å². The van der Waals surface area contributed by atoms with Gasteiger partial charge >= 0.3 is 0 Å². The van der Waals surface area contributed by atoms with Crippen molar-refractivity contribution in [2.24, 2.45) is 0 Å². The maximum Gasteiger partial charge on any atom is 0.0596 e. The Hall–Kier alpha value is -0.160. The molecule has 1 rings (SSSR count). The van der Waals surface area contributed by atoms with Gasteiger partial charge in [0.1, 0.15) is 0 Å². The summed E-state index contributed by atoms with van der Waals surface area (Å²) in [5.74, 6) is 0. The Kier molecular flexibility index (Phi) is 9.43. The third-order valence-corrected chi connectivity index (χ3v) is 3.62. The summed E-state index contributed by atoms with van der Waals surface area (Å²) in [6.07, 6.45) is 4.20. The van der Waals surface area contributed by atoms with E-state index >= 15 is 0 Å². The topological polar surface area (TPSA) is 24.9 Å². The highest BCUT2D eigenvalue weighted by Crippen LogP contribution is 2.05. The molecular formula is C15H32N2O2. The molecule has 1 aliphatic heterocycles. The molecule has 0 aliphatic carbocycles. The monoisotopic (exact) mass is 272 g/mol. The summed E-state index contributed by atoms with van der Waals surface area (Å²) in [7, 11) is 1.78. The molecule has 0 atom stereocenters. The van der Waals surface area contributed by atoms with Crippen LogP contribution < -0.4 is 0 Å². The molecule has 0 N–H and O–H groups in total. The Morgan fingerprint density at radius 1 is 0.842 bits per heavy atom. The van der Waals surface area contributed by atoms with Crippen molar-refractivity contribution in [1.82, 2.24) is 9.80 Å². The van der Waals surface area contributed by atoms with Gasteiger partial charge in [-0.3, -0.25) is 0 Å². The quantitative estimate of drug-likeness (QED) is 0.706. The van der Waals surface area contributed by atoms with Crippen molar-refractivity contribution in [3.8, 4) is 0 Å². The van der Waals surface area contributed by atoms with Gasteiger partial charge in [0, 0.05) is 20.2 Å². The van der Waals surface area contributed by atoms with Crippen LogP contribution in [0.4, 0.5) is 0 Å². The van der Waals surface area contributed by atoms with E-state index in [4.69, 9.17) is 9.47 Å². The van der Waals surface area contributed by atoms with Gasteiger partial charge in [-0.1, -0.05) is 0 Å². The van der Waals surface area contributed by atoms with Crippen LogP contribution in [-0.4, -0.2) is 75.5 Å². The fourth-order valence-electron chi connectivity index (χ4n) is 2.50. The molecule has 0 radical (unpaired) electrons. The summed E-state index contributed by atoms with van der Waals surface area (Å²) in [6, 6.07) is 0. The first-order valence-corrected chi connectivity index (χ1v) is 7.77. The summed E-state index contributed by atoms with van der Waals surface area (Å²) in [6.45, 7) is 12.9. The Morgan fingerprint density at radius 2 is 1.37 bits per heavy atom. The van der Waals surface area contributed by atoms with Gasteiger partial charge in [0.05, 0.1) is 19.3 Å². The van der Waals surface area contributed by atoms with Crippen molar-refractivity contribution >= 4 is 0 Å². The van der Waals surface area contributed by atoms with E-state index in [0.717, 1.165) is 26.3 Å². The molecule has 0 bridgehead atoms. The predicted octanol–water partition coefficient (Wildman–Crippen LogP) is 1.85. The lowest BCUT2D eigenvalue weighted by atomic mass is 10.3. The zero-order valence-corrected chi connectivity index (χ0v) is 13.1. The second kappa shape index (κ2) is 10.6. The normalized spacial score (nSPS) is 20.2. The van der Waals surface area contributed by atoms with Crippen molar-refractivity contribution in [3.63, 3.8) is 0 Å². The van der Waals surface area contributed by atoms with Crippen LogP contribution in [0.5, 0.6) is 0 Å². The molecule has 0 spiro atoms. The lowest BCUT2D eigenvalue weighted by Gasteiger charge is -2.22. The number of hydrogen-bond acceptors (Lipinski definition) is 4. The second-order valence-electron chi connectivity index (χ2n) is 5.66. The first-order chi connectivity index (χ1) is 9.22. The number of rotatable bonds is 7. The van der Waals surface area contributed by atoms with Crippen LogP contribution in [0.25, 0.3) is 0 Å². The average Bonchev–Trinajstić information content (AvgIpc) is 2.48. The highest BCUT2D eigenvalue weighted by Gasteiger charge is 2.11. The van der Waals surface area contributed by atoms with Crippen LogP contribution in [0, 0.1) is 0 Å². The molecule has 19 heavy (non-hydrogen) atoms. The Bertz CT molecular complexity index is 212. The summed E-state index contributed by atoms with van der Waals surface area (Å²) >= 11 is 0. The molecule has 1 saturated heterocycles. The van der Waals surface area contributed by atoms with Crippen LogP contribution in [0.15, 0.2) is 0 Å². The molecule has 1 fully saturated rings. The maximum absolute atomic E-state index is 5.65. The van der Waals surface area contributed by atoms with Gasteiger partial charge in [-0.2, -0.15) is 0 Å². The van der Waals surface area contributed by atoms with Gasteiger partial charge in [-0.15, -0.1) is 0 Å². The van der Waals surface area contributed by atoms with E-state index in [-0.39, 0.29) is 0 Å². The average molecular weight is 272 g/mol. The third-order valence-electron chi connectivity index (χ3n) is 3.62. The van der Waals surface area contributed by atoms with Crippen molar-refractivity contribution in [3.05, 3.63) is 0 Å². The van der Waals surface area contributed by atoms with Crippen molar-refractivity contribution < 1.29 is 9.47 Å². The summed E-state index contributed by atoms with van der Waals surface area (Å²) in [5, 5.41) is 0. The summed E-state index contributed by atoms with van der Waals surface area (Å²) in [4.78, 5) is 5.10. The van der Waals surface area contributed by atoms with Gasteiger partial charge in [0.15, 0.2) is 0 Å². The van der Waals surface area contributed by atoms with E-state index in [1.54, 1.807) is 7.11 Å². The fraction of sp³-hybridized carbons (Fsp3) is 1.00. The summed E-state index contributed by atoms with van der Waals surface area (Å²) in [5.41, 5.74) is 0. The third kappa shape index (κ3) is 8.58. The van der Waals surface area contributed by atoms with Gasteiger partial charge in [-0.25, -0.2) is 0 Å². The molecule has 0 aromatic rings. The number of ether oxygens (including phenoxy) is 2. The fourth-order valence-corrected chi connectivity index (χ4v) is 2.50. The van der Waals surface area contributed by atoms with Gasteiger partial charge in [0.2, 0.25) is 0 Å². The zero-order valence-electron chi connectivity index (χ0n) is 13.1. The van der Waals surface area contributed by atoms with E-state index in [2.05, 4.69) is 23.6 Å². The van der Waals surface area contributed by atoms with Crippen molar-refractivity contribution in [2.45, 2.75) is 39.2 Å². The molecular weight excluding hydrogens is 240 g/mol. The molecule has 0 aromatic heterocycles. The van der Waals surface area contributed by atoms with E-state index in [1.807, 2.05) is 0 Å². The molecule has 0 amide bonds. The van der Waals surface area contributed by atoms with Crippen LogP contribution >= 0.6 is 0 Å². The predicted molar refractivity (Wildman–Crippen MR) is 79.7 cm³/mol. The lowest BCUT2D eigenvalue weighted by Crippen LogP contribution is -2.32. The minimum atomic E-state index is 0.349. The molecule has 4 heteroatoms. The van der Waals surface area contributed by atoms with Crippen LogP contribution in [-0.2, 0) is 9.47 Å². The smallest absolute Gasteiger partial charge is 0.0596 e. The first kappa shape index (κ1) is 16.9. The molecule has 0 saturated carbocycles. The lowest BCUT2D eigenvalue weighted by molar-refractivity contribution is 0.0585. The van der Waals surface area contributed by atoms with E-state index in [0.29, 0.717) is 6.10 Å². The van der Waals surface area contributed by atoms with E-state index in [1.165, 1.54) is 45.4 Å². The molecule has 0 aromatic carbocycles. The minimum Gasteiger partial charge on any atom is -0.383 e. The highest BCUT2D eigenvalue weighted by atomic mass is 16.5. The zero-order chi connectivity index (χ0) is 13.9. The van der Waals surface area contributed by atoms with Gasteiger partial charge < -0.3 is 19.3 Å². The Morgan fingerprint density at radius 3 is 1.89 bits per heavy atom. The molecule has 4 nitrogen and oxygen atoms in total. The van der Waals surface area contributed by atoms with Gasteiger partial charge in [0.25, 0.3) is 0 Å². The Balaban J connectivity index is 2.21. The van der Waals surface area contributed by atoms with Crippen LogP contribution in [0.1, 0.15) is 33.1 Å². The molecule has 1 heterocycles. The SMILES string of the molecule is COCCN1CCCCN(CCOC(C)C)CCC1. The van der Waals surface area contributed by atoms with Crippen molar-refractivity contribution in [1.29, 1.82) is 0 Å². The molecule has 0 unspecified atom stereocenters. The standard InChI is InChI=1S/C15H32N2O2/c1-15(2)19-14-12-17-8-5-4-7-16(9-6-10-17)11-13-18-3/h15H,4-14H2,1-3H3. The van der Waals surface area contributed by atoms with Crippen LogP contribution in [0.3, 0.4) is 0 Å². The van der Waals surface area contributed by atoms with Gasteiger partial charge in [-0.05, 0) is 59.3 Å². The largest absolute Gasteiger partial charge is 0.383 e. The minimum absolute atomic E-state index is 0.349. The highest BCUT2D eigenvalue weighted by molar-refractivity contribution is 4.66. The number of hydrogen-bond donors (Lipinski definition) is 0. The van der Waals surface area contributed by atoms with E-state index < -0.39 is 0 Å². The molecule has 1 aliphatic rings. The number of nitrogens with zero attached hydrogens (tertiary/aromatic N) is 2.